The topological polar surface area (TPSA) is 65.1 Å². The first-order valence-corrected chi connectivity index (χ1v) is 7.13. The monoisotopic (exact) mass is 294 g/mol. The van der Waals surface area contributed by atoms with Crippen LogP contribution in [-0.2, 0) is 6.54 Å². The molecule has 1 aliphatic rings. The van der Waals surface area contributed by atoms with Gasteiger partial charge >= 0.3 is 0 Å². The number of nitrogens with two attached hydrogens (primary N) is 1. The maximum absolute atomic E-state index is 14.1. The van der Waals surface area contributed by atoms with Crippen molar-refractivity contribution in [2.75, 3.05) is 20.1 Å². The standard InChI is InChI=1S/C15H23FN4O/c1-10-7-20(8-11(2)19(10)3)9-13-5-4-12(6-14(13)16)15(17)18-21/h4-6,10-11,21H,7-9H2,1-3H3,(H2,17,18). The summed E-state index contributed by atoms with van der Waals surface area (Å²) in [5.41, 5.74) is 6.49. The first-order valence-electron chi connectivity index (χ1n) is 7.13. The number of hydrogen-bond donors (Lipinski definition) is 2. The molecule has 1 heterocycles. The number of amidine groups is 1. The smallest absolute Gasteiger partial charge is 0.170 e. The molecule has 116 valence electrons. The van der Waals surface area contributed by atoms with E-state index >= 15 is 0 Å². The summed E-state index contributed by atoms with van der Waals surface area (Å²) in [5.74, 6) is -0.402. The van der Waals surface area contributed by atoms with Gasteiger partial charge in [-0.05, 0) is 27.0 Å². The summed E-state index contributed by atoms with van der Waals surface area (Å²) in [6.07, 6.45) is 0. The fraction of sp³-hybridized carbons (Fsp3) is 0.533. The molecule has 1 aromatic rings. The molecule has 6 heteroatoms. The summed E-state index contributed by atoms with van der Waals surface area (Å²) in [7, 11) is 2.12. The van der Waals surface area contributed by atoms with Crippen LogP contribution >= 0.6 is 0 Å². The molecule has 2 rings (SSSR count). The molecule has 0 aliphatic carbocycles. The second-order valence-electron chi connectivity index (χ2n) is 5.85. The molecule has 5 nitrogen and oxygen atoms in total. The Kier molecular flexibility index (Phi) is 4.80. The molecule has 1 aromatic carbocycles. The molecule has 0 bridgehead atoms. The third-order valence-electron chi connectivity index (χ3n) is 4.29. The van der Waals surface area contributed by atoms with Crippen LogP contribution in [-0.4, -0.2) is 53.1 Å². The Balaban J connectivity index is 2.10. The van der Waals surface area contributed by atoms with E-state index in [-0.39, 0.29) is 11.7 Å². The molecule has 2 atom stereocenters. The van der Waals surface area contributed by atoms with E-state index < -0.39 is 0 Å². The summed E-state index contributed by atoms with van der Waals surface area (Å²) >= 11 is 0. The lowest BCUT2D eigenvalue weighted by molar-refractivity contribution is 0.0550. The molecule has 0 spiro atoms. The fourth-order valence-corrected chi connectivity index (χ4v) is 2.78. The summed E-state index contributed by atoms with van der Waals surface area (Å²) in [5, 5.41) is 11.5. The third-order valence-corrected chi connectivity index (χ3v) is 4.29. The highest BCUT2D eigenvalue weighted by molar-refractivity contribution is 5.97. The molecule has 0 radical (unpaired) electrons. The van der Waals surface area contributed by atoms with Gasteiger partial charge in [0.2, 0.25) is 0 Å². The van der Waals surface area contributed by atoms with Gasteiger partial charge in [-0.25, -0.2) is 4.39 Å². The highest BCUT2D eigenvalue weighted by atomic mass is 19.1. The molecule has 1 aliphatic heterocycles. The lowest BCUT2D eigenvalue weighted by Gasteiger charge is -2.42. The van der Waals surface area contributed by atoms with Gasteiger partial charge in [0.05, 0.1) is 0 Å². The van der Waals surface area contributed by atoms with E-state index in [4.69, 9.17) is 10.9 Å². The number of rotatable bonds is 3. The first kappa shape index (κ1) is 15.7. The van der Waals surface area contributed by atoms with Crippen molar-refractivity contribution in [3.05, 3.63) is 35.1 Å². The zero-order chi connectivity index (χ0) is 15.6. The average Bonchev–Trinajstić information content (AvgIpc) is 2.46. The van der Waals surface area contributed by atoms with Crippen LogP contribution in [0.3, 0.4) is 0 Å². The van der Waals surface area contributed by atoms with Crippen LogP contribution in [0.2, 0.25) is 0 Å². The Bertz CT molecular complexity index is 522. The van der Waals surface area contributed by atoms with Gasteiger partial charge in [0.1, 0.15) is 5.82 Å². The predicted octanol–water partition coefficient (Wildman–Crippen LogP) is 1.44. The number of nitrogens with zero attached hydrogens (tertiary/aromatic N) is 3. The van der Waals surface area contributed by atoms with Gasteiger partial charge in [0.15, 0.2) is 5.84 Å². The molecular weight excluding hydrogens is 271 g/mol. The minimum atomic E-state index is -0.321. The van der Waals surface area contributed by atoms with Crippen molar-refractivity contribution in [1.29, 1.82) is 0 Å². The van der Waals surface area contributed by atoms with Gasteiger partial charge in [-0.1, -0.05) is 17.3 Å². The fourth-order valence-electron chi connectivity index (χ4n) is 2.78. The van der Waals surface area contributed by atoms with Crippen molar-refractivity contribution in [1.82, 2.24) is 9.80 Å². The quantitative estimate of drug-likeness (QED) is 0.383. The molecule has 0 saturated carbocycles. The molecular formula is C15H23FN4O. The molecule has 3 N–H and O–H groups in total. The van der Waals surface area contributed by atoms with E-state index in [2.05, 4.69) is 35.9 Å². The van der Waals surface area contributed by atoms with Gasteiger partial charge < -0.3 is 10.9 Å². The van der Waals surface area contributed by atoms with E-state index in [9.17, 15) is 4.39 Å². The number of benzene rings is 1. The Hall–Kier alpha value is -1.66. The Labute approximate surface area is 124 Å². The molecule has 21 heavy (non-hydrogen) atoms. The van der Waals surface area contributed by atoms with Crippen LogP contribution in [0.5, 0.6) is 0 Å². The number of hydrogen-bond acceptors (Lipinski definition) is 4. The van der Waals surface area contributed by atoms with Gasteiger partial charge in [-0.15, -0.1) is 0 Å². The minimum absolute atomic E-state index is 0.0812. The molecule has 2 unspecified atom stereocenters. The number of oxime groups is 1. The van der Waals surface area contributed by atoms with Crippen LogP contribution in [0, 0.1) is 5.82 Å². The second kappa shape index (κ2) is 6.41. The van der Waals surface area contributed by atoms with E-state index in [1.807, 2.05) is 0 Å². The SMILES string of the molecule is CC1CN(Cc2ccc(/C(N)=N/O)cc2F)CC(C)N1C. The number of halogens is 1. The van der Waals surface area contributed by atoms with Crippen LogP contribution in [0.4, 0.5) is 4.39 Å². The molecule has 1 saturated heterocycles. The van der Waals surface area contributed by atoms with E-state index in [1.54, 1.807) is 12.1 Å². The largest absolute Gasteiger partial charge is 0.409 e. The lowest BCUT2D eigenvalue weighted by atomic mass is 10.1. The average molecular weight is 294 g/mol. The van der Waals surface area contributed by atoms with Crippen LogP contribution < -0.4 is 5.73 Å². The van der Waals surface area contributed by atoms with Gasteiger partial charge in [-0.3, -0.25) is 9.80 Å². The highest BCUT2D eigenvalue weighted by Crippen LogP contribution is 2.18. The zero-order valence-corrected chi connectivity index (χ0v) is 12.8. The Morgan fingerprint density at radius 2 is 2.00 bits per heavy atom. The van der Waals surface area contributed by atoms with Crippen LogP contribution in [0.15, 0.2) is 23.4 Å². The van der Waals surface area contributed by atoms with Gasteiger partial charge in [0, 0.05) is 42.8 Å². The molecule has 0 amide bonds. The van der Waals surface area contributed by atoms with Crippen molar-refractivity contribution in [3.8, 4) is 0 Å². The Morgan fingerprint density at radius 3 is 2.52 bits per heavy atom. The minimum Gasteiger partial charge on any atom is -0.409 e. The third kappa shape index (κ3) is 3.51. The van der Waals surface area contributed by atoms with Gasteiger partial charge in [0.25, 0.3) is 0 Å². The van der Waals surface area contributed by atoms with Crippen molar-refractivity contribution >= 4 is 5.84 Å². The number of likely N-dealkylation sites (N-methyl/N-ethyl adjacent to an activating group) is 1. The van der Waals surface area contributed by atoms with E-state index in [0.29, 0.717) is 29.8 Å². The first-order chi connectivity index (χ1) is 9.92. The van der Waals surface area contributed by atoms with Gasteiger partial charge in [-0.2, -0.15) is 0 Å². The van der Waals surface area contributed by atoms with Crippen molar-refractivity contribution < 1.29 is 9.60 Å². The summed E-state index contributed by atoms with van der Waals surface area (Å²) in [4.78, 5) is 4.60. The second-order valence-corrected chi connectivity index (χ2v) is 5.85. The normalized spacial score (nSPS) is 25.2. The van der Waals surface area contributed by atoms with Crippen LogP contribution in [0.1, 0.15) is 25.0 Å². The predicted molar refractivity (Wildman–Crippen MR) is 80.9 cm³/mol. The lowest BCUT2D eigenvalue weighted by Crippen LogP contribution is -2.54. The molecule has 0 aromatic heterocycles. The summed E-state index contributed by atoms with van der Waals surface area (Å²) < 4.78 is 14.1. The Morgan fingerprint density at radius 1 is 1.38 bits per heavy atom. The highest BCUT2D eigenvalue weighted by Gasteiger charge is 2.26. The van der Waals surface area contributed by atoms with E-state index in [0.717, 1.165) is 13.1 Å². The van der Waals surface area contributed by atoms with E-state index in [1.165, 1.54) is 6.07 Å². The number of piperazine rings is 1. The van der Waals surface area contributed by atoms with Crippen molar-refractivity contribution in [2.24, 2.45) is 10.9 Å². The summed E-state index contributed by atoms with van der Waals surface area (Å²) in [6.45, 7) is 6.77. The van der Waals surface area contributed by atoms with Crippen LogP contribution in [0.25, 0.3) is 0 Å². The molecule has 1 fully saturated rings. The van der Waals surface area contributed by atoms with Crippen molar-refractivity contribution in [2.45, 2.75) is 32.5 Å². The maximum Gasteiger partial charge on any atom is 0.170 e. The van der Waals surface area contributed by atoms with Crippen molar-refractivity contribution in [3.63, 3.8) is 0 Å². The zero-order valence-electron chi connectivity index (χ0n) is 12.8. The summed E-state index contributed by atoms with van der Waals surface area (Å²) in [6, 6.07) is 5.60. The maximum atomic E-state index is 14.1.